The molecule has 1 aromatic heterocycles. The molecule has 5 nitrogen and oxygen atoms in total. The van der Waals surface area contributed by atoms with Crippen molar-refractivity contribution in [3.8, 4) is 12.1 Å². The molecular formula is C14H17F3N4O. The minimum atomic E-state index is -4.42. The number of rotatable bonds is 5. The van der Waals surface area contributed by atoms with E-state index in [2.05, 4.69) is 10.1 Å². The van der Waals surface area contributed by atoms with Crippen molar-refractivity contribution in [2.24, 2.45) is 10.8 Å². The molecule has 0 aliphatic carbocycles. The van der Waals surface area contributed by atoms with Crippen LogP contribution in [0, 0.1) is 33.5 Å². The SMILES string of the molecule is CC(C)(C)Cc1nc(CC(C#N)(C#N)CCC(F)(F)F)no1. The number of aromatic nitrogens is 2. The predicted octanol–water partition coefficient (Wildman–Crippen LogP) is 3.58. The molecule has 1 aromatic rings. The smallest absolute Gasteiger partial charge is 0.339 e. The zero-order valence-electron chi connectivity index (χ0n) is 12.7. The lowest BCUT2D eigenvalue weighted by Gasteiger charge is -2.17. The highest BCUT2D eigenvalue weighted by Gasteiger charge is 2.38. The standard InChI is InChI=1S/C14H17F3N4O/c1-12(2,3)7-11-20-10(21-22-11)6-13(8-18,9-19)4-5-14(15,16)17/h4-7H2,1-3H3. The maximum atomic E-state index is 12.3. The van der Waals surface area contributed by atoms with E-state index in [0.717, 1.165) is 0 Å². The van der Waals surface area contributed by atoms with Crippen molar-refractivity contribution in [2.45, 2.75) is 52.6 Å². The van der Waals surface area contributed by atoms with Gasteiger partial charge < -0.3 is 4.52 Å². The summed E-state index contributed by atoms with van der Waals surface area (Å²) in [7, 11) is 0. The van der Waals surface area contributed by atoms with Gasteiger partial charge in [0.05, 0.1) is 12.1 Å². The van der Waals surface area contributed by atoms with Gasteiger partial charge in [0.15, 0.2) is 11.2 Å². The lowest BCUT2D eigenvalue weighted by atomic mass is 9.82. The second kappa shape index (κ2) is 6.35. The van der Waals surface area contributed by atoms with Gasteiger partial charge in [0.2, 0.25) is 5.89 Å². The van der Waals surface area contributed by atoms with Crippen LogP contribution >= 0.6 is 0 Å². The molecule has 0 aliphatic heterocycles. The molecule has 0 saturated heterocycles. The molecule has 0 spiro atoms. The van der Waals surface area contributed by atoms with Crippen molar-refractivity contribution in [3.05, 3.63) is 11.7 Å². The largest absolute Gasteiger partial charge is 0.389 e. The molecule has 0 unspecified atom stereocenters. The summed E-state index contributed by atoms with van der Waals surface area (Å²) in [6.07, 6.45) is -6.04. The third-order valence-corrected chi connectivity index (χ3v) is 2.91. The summed E-state index contributed by atoms with van der Waals surface area (Å²) in [4.78, 5) is 4.06. The summed E-state index contributed by atoms with van der Waals surface area (Å²) in [6.45, 7) is 5.90. The molecular weight excluding hydrogens is 297 g/mol. The lowest BCUT2D eigenvalue weighted by Crippen LogP contribution is -2.23. The van der Waals surface area contributed by atoms with Crippen LogP contribution in [0.3, 0.4) is 0 Å². The van der Waals surface area contributed by atoms with Gasteiger partial charge in [-0.2, -0.15) is 28.7 Å². The molecule has 0 bridgehead atoms. The van der Waals surface area contributed by atoms with E-state index in [1.165, 1.54) is 0 Å². The fourth-order valence-electron chi connectivity index (χ4n) is 1.82. The van der Waals surface area contributed by atoms with Crippen molar-refractivity contribution in [1.82, 2.24) is 10.1 Å². The summed E-state index contributed by atoms with van der Waals surface area (Å²) in [5.74, 6) is 0.410. The molecule has 0 saturated carbocycles. The van der Waals surface area contributed by atoms with Gasteiger partial charge in [0.1, 0.15) is 0 Å². The normalized spacial score (nSPS) is 12.7. The van der Waals surface area contributed by atoms with Crippen LogP contribution in [0.1, 0.15) is 45.3 Å². The van der Waals surface area contributed by atoms with Crippen LogP contribution in [-0.4, -0.2) is 16.3 Å². The third-order valence-electron chi connectivity index (χ3n) is 2.91. The first-order chi connectivity index (χ1) is 9.99. The Morgan fingerprint density at radius 1 is 1.05 bits per heavy atom. The van der Waals surface area contributed by atoms with Crippen molar-refractivity contribution < 1.29 is 17.7 Å². The van der Waals surface area contributed by atoms with E-state index < -0.39 is 24.4 Å². The van der Waals surface area contributed by atoms with Crippen molar-refractivity contribution in [1.29, 1.82) is 10.5 Å². The first-order valence-electron chi connectivity index (χ1n) is 6.69. The van der Waals surface area contributed by atoms with Crippen LogP contribution in [0.15, 0.2) is 4.52 Å². The summed E-state index contributed by atoms with van der Waals surface area (Å²) in [6, 6.07) is 3.32. The second-order valence-electron chi connectivity index (χ2n) is 6.44. The zero-order valence-corrected chi connectivity index (χ0v) is 12.7. The van der Waals surface area contributed by atoms with Gasteiger partial charge in [-0.05, 0) is 11.8 Å². The van der Waals surface area contributed by atoms with Crippen molar-refractivity contribution in [3.63, 3.8) is 0 Å². The van der Waals surface area contributed by atoms with E-state index >= 15 is 0 Å². The highest BCUT2D eigenvalue weighted by molar-refractivity contribution is 5.17. The number of halogens is 3. The van der Waals surface area contributed by atoms with Gasteiger partial charge in [0.25, 0.3) is 0 Å². The van der Waals surface area contributed by atoms with Gasteiger partial charge in [-0.25, -0.2) is 0 Å². The predicted molar refractivity (Wildman–Crippen MR) is 70.1 cm³/mol. The third kappa shape index (κ3) is 5.72. The summed E-state index contributed by atoms with van der Waals surface area (Å²) in [5, 5.41) is 21.9. The number of alkyl halides is 3. The Morgan fingerprint density at radius 2 is 1.64 bits per heavy atom. The molecule has 120 valence electrons. The molecule has 0 aliphatic rings. The van der Waals surface area contributed by atoms with Gasteiger partial charge in [-0.1, -0.05) is 25.9 Å². The average molecular weight is 314 g/mol. The first-order valence-corrected chi connectivity index (χ1v) is 6.69. The highest BCUT2D eigenvalue weighted by Crippen LogP contribution is 2.32. The van der Waals surface area contributed by atoms with Crippen LogP contribution in [-0.2, 0) is 12.8 Å². The summed E-state index contributed by atoms with van der Waals surface area (Å²) >= 11 is 0. The summed E-state index contributed by atoms with van der Waals surface area (Å²) in [5.41, 5.74) is -1.90. The van der Waals surface area contributed by atoms with E-state index in [1.807, 2.05) is 20.8 Å². The van der Waals surface area contributed by atoms with Gasteiger partial charge in [-0.15, -0.1) is 0 Å². The number of nitriles is 2. The van der Waals surface area contributed by atoms with E-state index in [-0.39, 0.29) is 17.7 Å². The highest BCUT2D eigenvalue weighted by atomic mass is 19.4. The van der Waals surface area contributed by atoms with Crippen molar-refractivity contribution in [2.75, 3.05) is 0 Å². The van der Waals surface area contributed by atoms with Crippen LogP contribution < -0.4 is 0 Å². The number of hydrogen-bond acceptors (Lipinski definition) is 5. The van der Waals surface area contributed by atoms with Crippen LogP contribution in [0.2, 0.25) is 0 Å². The Kier molecular flexibility index (Phi) is 5.18. The van der Waals surface area contributed by atoms with E-state index in [0.29, 0.717) is 12.3 Å². The van der Waals surface area contributed by atoms with Gasteiger partial charge >= 0.3 is 6.18 Å². The molecule has 0 aromatic carbocycles. The zero-order chi connectivity index (χ0) is 17.0. The Balaban J connectivity index is 2.84. The fourth-order valence-corrected chi connectivity index (χ4v) is 1.82. The van der Waals surface area contributed by atoms with E-state index in [9.17, 15) is 13.2 Å². The second-order valence-corrected chi connectivity index (χ2v) is 6.44. The molecule has 1 rings (SSSR count). The summed E-state index contributed by atoms with van der Waals surface area (Å²) < 4.78 is 42.0. The molecule has 0 amide bonds. The van der Waals surface area contributed by atoms with Gasteiger partial charge in [0, 0.05) is 19.3 Å². The maximum absolute atomic E-state index is 12.3. The Labute approximate surface area is 126 Å². The molecule has 22 heavy (non-hydrogen) atoms. The first kappa shape index (κ1) is 18.0. The topological polar surface area (TPSA) is 86.5 Å². The van der Waals surface area contributed by atoms with Crippen LogP contribution in [0.4, 0.5) is 13.2 Å². The minimum absolute atomic E-state index is 0.0736. The van der Waals surface area contributed by atoms with Crippen LogP contribution in [0.5, 0.6) is 0 Å². The number of nitrogens with zero attached hydrogens (tertiary/aromatic N) is 4. The molecule has 8 heteroatoms. The Morgan fingerprint density at radius 3 is 2.09 bits per heavy atom. The van der Waals surface area contributed by atoms with Crippen molar-refractivity contribution >= 4 is 0 Å². The average Bonchev–Trinajstić information content (AvgIpc) is 2.78. The van der Waals surface area contributed by atoms with E-state index in [1.54, 1.807) is 12.1 Å². The molecule has 0 radical (unpaired) electrons. The Bertz CT molecular complexity index is 573. The maximum Gasteiger partial charge on any atom is 0.389 e. The molecule has 0 atom stereocenters. The molecule has 0 N–H and O–H groups in total. The lowest BCUT2D eigenvalue weighted by molar-refractivity contribution is -0.138. The van der Waals surface area contributed by atoms with Gasteiger partial charge in [-0.3, -0.25) is 0 Å². The fraction of sp³-hybridized carbons (Fsp3) is 0.714. The molecule has 1 heterocycles. The van der Waals surface area contributed by atoms with E-state index in [4.69, 9.17) is 15.0 Å². The quantitative estimate of drug-likeness (QED) is 0.829. The Hall–Kier alpha value is -2.09. The minimum Gasteiger partial charge on any atom is -0.339 e. The number of hydrogen-bond donors (Lipinski definition) is 0. The molecule has 0 fully saturated rings. The van der Waals surface area contributed by atoms with Crippen LogP contribution in [0.25, 0.3) is 0 Å². The monoisotopic (exact) mass is 314 g/mol.